The molecule has 0 aromatic heterocycles. The van der Waals surface area contributed by atoms with Crippen molar-refractivity contribution in [3.63, 3.8) is 0 Å². The standard InChI is InChI=1S/C14H26O4/c1-6-7-8-9-12(15)17-10-18-13(16)14(4,5)11(2)3/h11H,6-10H2,1-5H3. The van der Waals surface area contributed by atoms with Crippen molar-refractivity contribution < 1.29 is 19.1 Å². The van der Waals surface area contributed by atoms with Gasteiger partial charge in [-0.15, -0.1) is 0 Å². The van der Waals surface area contributed by atoms with E-state index in [1.165, 1.54) is 0 Å². The Morgan fingerprint density at radius 3 is 2.22 bits per heavy atom. The molecular weight excluding hydrogens is 232 g/mol. The third-order valence-electron chi connectivity index (χ3n) is 3.36. The molecule has 0 N–H and O–H groups in total. The summed E-state index contributed by atoms with van der Waals surface area (Å²) in [5.74, 6) is -0.470. The van der Waals surface area contributed by atoms with Crippen LogP contribution in [0.5, 0.6) is 0 Å². The molecule has 0 aliphatic rings. The minimum Gasteiger partial charge on any atom is -0.428 e. The molecule has 0 saturated heterocycles. The van der Waals surface area contributed by atoms with Crippen LogP contribution in [0.15, 0.2) is 0 Å². The van der Waals surface area contributed by atoms with Gasteiger partial charge in [0.15, 0.2) is 0 Å². The highest BCUT2D eigenvalue weighted by molar-refractivity contribution is 5.76. The molecule has 18 heavy (non-hydrogen) atoms. The Bertz CT molecular complexity index is 269. The normalized spacial score (nSPS) is 11.4. The average molecular weight is 258 g/mol. The maximum atomic E-state index is 11.7. The van der Waals surface area contributed by atoms with Gasteiger partial charge in [-0.3, -0.25) is 9.59 Å². The predicted octanol–water partition coefficient (Wildman–Crippen LogP) is 3.29. The molecule has 0 amide bonds. The first kappa shape index (κ1) is 16.9. The summed E-state index contributed by atoms with van der Waals surface area (Å²) in [7, 11) is 0. The molecule has 0 aliphatic heterocycles. The molecule has 0 rings (SSSR count). The SMILES string of the molecule is CCCCCC(=O)OCOC(=O)C(C)(C)C(C)C. The lowest BCUT2D eigenvalue weighted by Gasteiger charge is -2.26. The number of hydrogen-bond donors (Lipinski definition) is 0. The highest BCUT2D eigenvalue weighted by atomic mass is 16.7. The van der Waals surface area contributed by atoms with E-state index in [0.29, 0.717) is 6.42 Å². The molecule has 0 radical (unpaired) electrons. The Morgan fingerprint density at radius 1 is 1.11 bits per heavy atom. The molecule has 4 nitrogen and oxygen atoms in total. The minimum absolute atomic E-state index is 0.172. The van der Waals surface area contributed by atoms with Crippen molar-refractivity contribution in [1.82, 2.24) is 0 Å². The lowest BCUT2D eigenvalue weighted by Crippen LogP contribution is -2.32. The molecule has 0 fully saturated rings. The molecule has 0 heterocycles. The molecule has 0 saturated carbocycles. The quantitative estimate of drug-likeness (QED) is 0.381. The molecular formula is C14H26O4. The van der Waals surface area contributed by atoms with E-state index in [4.69, 9.17) is 9.47 Å². The molecule has 106 valence electrons. The van der Waals surface area contributed by atoms with Crippen molar-refractivity contribution in [3.05, 3.63) is 0 Å². The van der Waals surface area contributed by atoms with Crippen LogP contribution in [0.4, 0.5) is 0 Å². The molecule has 0 bridgehead atoms. The lowest BCUT2D eigenvalue weighted by atomic mass is 9.81. The summed E-state index contributed by atoms with van der Waals surface area (Å²) in [6.07, 6.45) is 3.28. The van der Waals surface area contributed by atoms with E-state index in [9.17, 15) is 9.59 Å². The first-order valence-electron chi connectivity index (χ1n) is 6.65. The van der Waals surface area contributed by atoms with Crippen LogP contribution in [-0.4, -0.2) is 18.7 Å². The van der Waals surface area contributed by atoms with Gasteiger partial charge in [0.2, 0.25) is 6.79 Å². The van der Waals surface area contributed by atoms with Gasteiger partial charge in [0.05, 0.1) is 5.41 Å². The van der Waals surface area contributed by atoms with Crippen LogP contribution < -0.4 is 0 Å². The Hall–Kier alpha value is -1.06. The molecule has 0 aromatic carbocycles. The fraction of sp³-hybridized carbons (Fsp3) is 0.857. The van der Waals surface area contributed by atoms with Crippen molar-refractivity contribution in [1.29, 1.82) is 0 Å². The van der Waals surface area contributed by atoms with Crippen molar-refractivity contribution in [2.75, 3.05) is 6.79 Å². The van der Waals surface area contributed by atoms with Crippen molar-refractivity contribution in [2.45, 2.75) is 60.3 Å². The van der Waals surface area contributed by atoms with Crippen LogP contribution in [0.25, 0.3) is 0 Å². The van der Waals surface area contributed by atoms with Crippen LogP contribution in [0.2, 0.25) is 0 Å². The van der Waals surface area contributed by atoms with Crippen molar-refractivity contribution in [3.8, 4) is 0 Å². The second-order valence-electron chi connectivity index (χ2n) is 5.40. The van der Waals surface area contributed by atoms with Gasteiger partial charge in [-0.1, -0.05) is 33.6 Å². The van der Waals surface area contributed by atoms with E-state index in [1.807, 2.05) is 27.7 Å². The fourth-order valence-corrected chi connectivity index (χ4v) is 1.16. The Labute approximate surface area is 110 Å². The maximum absolute atomic E-state index is 11.7. The summed E-state index contributed by atoms with van der Waals surface area (Å²) in [5, 5.41) is 0. The minimum atomic E-state index is -0.561. The van der Waals surface area contributed by atoms with Crippen LogP contribution in [0, 0.1) is 11.3 Å². The number of hydrogen-bond acceptors (Lipinski definition) is 4. The van der Waals surface area contributed by atoms with Gasteiger partial charge in [0.1, 0.15) is 0 Å². The summed E-state index contributed by atoms with van der Waals surface area (Å²) in [5.41, 5.74) is -0.561. The number of unbranched alkanes of at least 4 members (excludes halogenated alkanes) is 2. The molecule has 0 unspecified atom stereocenters. The zero-order valence-electron chi connectivity index (χ0n) is 12.2. The third kappa shape index (κ3) is 6.03. The molecule has 4 heteroatoms. The number of ether oxygens (including phenoxy) is 2. The Kier molecular flexibility index (Phi) is 7.64. The fourth-order valence-electron chi connectivity index (χ4n) is 1.16. The molecule has 0 aromatic rings. The Balaban J connectivity index is 3.84. The third-order valence-corrected chi connectivity index (χ3v) is 3.36. The average Bonchev–Trinajstić information content (AvgIpc) is 2.28. The predicted molar refractivity (Wildman–Crippen MR) is 69.8 cm³/mol. The highest BCUT2D eigenvalue weighted by Gasteiger charge is 2.33. The lowest BCUT2D eigenvalue weighted by molar-refractivity contribution is -0.175. The van der Waals surface area contributed by atoms with E-state index < -0.39 is 5.41 Å². The first-order valence-corrected chi connectivity index (χ1v) is 6.65. The number of rotatable bonds is 8. The second-order valence-corrected chi connectivity index (χ2v) is 5.40. The monoisotopic (exact) mass is 258 g/mol. The van der Waals surface area contributed by atoms with Crippen molar-refractivity contribution in [2.24, 2.45) is 11.3 Å². The zero-order chi connectivity index (χ0) is 14.2. The van der Waals surface area contributed by atoms with E-state index in [0.717, 1.165) is 19.3 Å². The Morgan fingerprint density at radius 2 is 1.72 bits per heavy atom. The van der Waals surface area contributed by atoms with Gasteiger partial charge in [-0.2, -0.15) is 0 Å². The van der Waals surface area contributed by atoms with Gasteiger partial charge in [-0.25, -0.2) is 0 Å². The van der Waals surface area contributed by atoms with E-state index in [-0.39, 0.29) is 24.6 Å². The van der Waals surface area contributed by atoms with E-state index in [2.05, 4.69) is 6.92 Å². The smallest absolute Gasteiger partial charge is 0.314 e. The largest absolute Gasteiger partial charge is 0.428 e. The van der Waals surface area contributed by atoms with Crippen LogP contribution in [-0.2, 0) is 19.1 Å². The van der Waals surface area contributed by atoms with E-state index in [1.54, 1.807) is 0 Å². The topological polar surface area (TPSA) is 52.6 Å². The number of esters is 2. The van der Waals surface area contributed by atoms with Gasteiger partial charge in [0.25, 0.3) is 0 Å². The van der Waals surface area contributed by atoms with E-state index >= 15 is 0 Å². The summed E-state index contributed by atoms with van der Waals surface area (Å²) in [6, 6.07) is 0. The number of carbonyl (C=O) groups excluding carboxylic acids is 2. The molecule has 0 spiro atoms. The van der Waals surface area contributed by atoms with Crippen LogP contribution >= 0.6 is 0 Å². The zero-order valence-corrected chi connectivity index (χ0v) is 12.2. The summed E-state index contributed by atoms with van der Waals surface area (Å²) >= 11 is 0. The van der Waals surface area contributed by atoms with Gasteiger partial charge < -0.3 is 9.47 Å². The van der Waals surface area contributed by atoms with Gasteiger partial charge >= 0.3 is 11.9 Å². The maximum Gasteiger partial charge on any atom is 0.314 e. The van der Waals surface area contributed by atoms with Gasteiger partial charge in [-0.05, 0) is 26.2 Å². The molecule has 0 aliphatic carbocycles. The second kappa shape index (κ2) is 8.11. The van der Waals surface area contributed by atoms with Crippen molar-refractivity contribution >= 4 is 11.9 Å². The highest BCUT2D eigenvalue weighted by Crippen LogP contribution is 2.27. The first-order chi connectivity index (χ1) is 8.32. The van der Waals surface area contributed by atoms with Crippen LogP contribution in [0.3, 0.4) is 0 Å². The van der Waals surface area contributed by atoms with Gasteiger partial charge in [0, 0.05) is 6.42 Å². The molecule has 0 atom stereocenters. The summed E-state index contributed by atoms with van der Waals surface area (Å²) in [4.78, 5) is 23.0. The summed E-state index contributed by atoms with van der Waals surface area (Å²) < 4.78 is 9.82. The van der Waals surface area contributed by atoms with Crippen LogP contribution in [0.1, 0.15) is 60.3 Å². The summed E-state index contributed by atoms with van der Waals surface area (Å²) in [6.45, 7) is 9.35. The number of carbonyl (C=O) groups is 2.